The van der Waals surface area contributed by atoms with Crippen LogP contribution in [0.3, 0.4) is 0 Å². The number of nitrogens with two attached hydrogens (primary N) is 1. The van der Waals surface area contributed by atoms with Gasteiger partial charge in [0.05, 0.1) is 4.92 Å². The van der Waals surface area contributed by atoms with Crippen LogP contribution in [0.5, 0.6) is 0 Å². The molecule has 5 nitrogen and oxygen atoms in total. The molecule has 2 N–H and O–H groups in total. The van der Waals surface area contributed by atoms with E-state index in [1.54, 1.807) is 0 Å². The van der Waals surface area contributed by atoms with Crippen molar-refractivity contribution in [2.24, 2.45) is 5.73 Å². The number of nitrogens with zero attached hydrogens (tertiary/aromatic N) is 2. The van der Waals surface area contributed by atoms with Gasteiger partial charge in [0, 0.05) is 12.6 Å². The summed E-state index contributed by atoms with van der Waals surface area (Å²) < 4.78 is 24.3. The predicted molar refractivity (Wildman–Crippen MR) is 43.7 cm³/mol. The molecule has 0 atom stereocenters. The molecule has 0 aliphatic heterocycles. The molecule has 1 heterocycles. The second-order valence-corrected chi connectivity index (χ2v) is 2.46. The Bertz CT molecular complexity index is 357. The highest BCUT2D eigenvalue weighted by molar-refractivity contribution is 5.36. The SMILES string of the molecule is NCc1nc(C(F)F)ccc1[N+](=O)[O-]. The zero-order valence-electron chi connectivity index (χ0n) is 6.98. The van der Waals surface area contributed by atoms with E-state index in [4.69, 9.17) is 5.73 Å². The van der Waals surface area contributed by atoms with Crippen LogP contribution in [-0.4, -0.2) is 9.91 Å². The Hall–Kier alpha value is -1.63. The third-order valence-corrected chi connectivity index (χ3v) is 1.59. The van der Waals surface area contributed by atoms with E-state index in [1.165, 1.54) is 0 Å². The van der Waals surface area contributed by atoms with Crippen LogP contribution in [-0.2, 0) is 6.54 Å². The number of hydrogen-bond acceptors (Lipinski definition) is 4. The molecule has 1 aromatic heterocycles. The van der Waals surface area contributed by atoms with Crippen LogP contribution in [0.15, 0.2) is 12.1 Å². The molecule has 0 aliphatic rings. The minimum Gasteiger partial charge on any atom is -0.325 e. The van der Waals surface area contributed by atoms with E-state index in [2.05, 4.69) is 4.98 Å². The largest absolute Gasteiger partial charge is 0.325 e. The minimum absolute atomic E-state index is 0.132. The molecule has 7 heteroatoms. The van der Waals surface area contributed by atoms with Gasteiger partial charge in [0.25, 0.3) is 12.1 Å². The third-order valence-electron chi connectivity index (χ3n) is 1.59. The maximum absolute atomic E-state index is 12.1. The van der Waals surface area contributed by atoms with Crippen molar-refractivity contribution in [3.05, 3.63) is 33.6 Å². The van der Waals surface area contributed by atoms with Crippen molar-refractivity contribution >= 4 is 5.69 Å². The average molecular weight is 203 g/mol. The molecule has 1 rings (SSSR count). The van der Waals surface area contributed by atoms with Gasteiger partial charge in [-0.1, -0.05) is 0 Å². The molecule has 0 amide bonds. The summed E-state index contributed by atoms with van der Waals surface area (Å²) in [4.78, 5) is 13.1. The smallest absolute Gasteiger partial charge is 0.292 e. The normalized spacial score (nSPS) is 10.6. The highest BCUT2D eigenvalue weighted by Gasteiger charge is 2.17. The fraction of sp³-hybridized carbons (Fsp3) is 0.286. The Morgan fingerprint density at radius 3 is 2.64 bits per heavy atom. The Morgan fingerprint density at radius 1 is 1.57 bits per heavy atom. The van der Waals surface area contributed by atoms with E-state index in [9.17, 15) is 18.9 Å². The Balaban J connectivity index is 3.18. The number of pyridine rings is 1. The number of halogens is 2. The molecular weight excluding hydrogens is 196 g/mol. The zero-order valence-corrected chi connectivity index (χ0v) is 6.98. The summed E-state index contributed by atoms with van der Waals surface area (Å²) in [5, 5.41) is 10.4. The van der Waals surface area contributed by atoms with Gasteiger partial charge in [-0.15, -0.1) is 0 Å². The molecule has 0 unspecified atom stereocenters. The fourth-order valence-electron chi connectivity index (χ4n) is 0.949. The van der Waals surface area contributed by atoms with Gasteiger partial charge in [-0.2, -0.15) is 0 Å². The van der Waals surface area contributed by atoms with Crippen LogP contribution in [0.25, 0.3) is 0 Å². The monoisotopic (exact) mass is 203 g/mol. The zero-order chi connectivity index (χ0) is 10.7. The van der Waals surface area contributed by atoms with E-state index in [0.29, 0.717) is 0 Å². The van der Waals surface area contributed by atoms with Crippen molar-refractivity contribution in [2.75, 3.05) is 0 Å². The van der Waals surface area contributed by atoms with Gasteiger partial charge in [0.2, 0.25) is 0 Å². The highest BCUT2D eigenvalue weighted by atomic mass is 19.3. The van der Waals surface area contributed by atoms with Crippen LogP contribution < -0.4 is 5.73 Å². The Morgan fingerprint density at radius 2 is 2.21 bits per heavy atom. The number of alkyl halides is 2. The van der Waals surface area contributed by atoms with Crippen molar-refractivity contribution in [3.63, 3.8) is 0 Å². The van der Waals surface area contributed by atoms with E-state index < -0.39 is 17.0 Å². The predicted octanol–water partition coefficient (Wildman–Crippen LogP) is 1.39. The van der Waals surface area contributed by atoms with Gasteiger partial charge in [-0.3, -0.25) is 10.1 Å². The molecule has 0 fully saturated rings. The summed E-state index contributed by atoms with van der Waals surface area (Å²) >= 11 is 0. The van der Waals surface area contributed by atoms with Gasteiger partial charge in [0.15, 0.2) is 0 Å². The Kier molecular flexibility index (Phi) is 3.03. The second-order valence-electron chi connectivity index (χ2n) is 2.46. The van der Waals surface area contributed by atoms with Crippen molar-refractivity contribution in [3.8, 4) is 0 Å². The molecule has 14 heavy (non-hydrogen) atoms. The Labute approximate surface area is 77.7 Å². The lowest BCUT2D eigenvalue weighted by Crippen LogP contribution is -2.06. The topological polar surface area (TPSA) is 82.0 Å². The second kappa shape index (κ2) is 4.05. The molecule has 0 aliphatic carbocycles. The van der Waals surface area contributed by atoms with Crippen LogP contribution in [0.1, 0.15) is 17.8 Å². The van der Waals surface area contributed by atoms with Crippen molar-refractivity contribution in [1.29, 1.82) is 0 Å². The number of hydrogen-bond donors (Lipinski definition) is 1. The van der Waals surface area contributed by atoms with Gasteiger partial charge in [-0.25, -0.2) is 13.8 Å². The van der Waals surface area contributed by atoms with Gasteiger partial charge in [-0.05, 0) is 6.07 Å². The lowest BCUT2D eigenvalue weighted by atomic mass is 10.2. The molecular formula is C7H7F2N3O2. The van der Waals surface area contributed by atoms with Crippen LogP contribution in [0, 0.1) is 10.1 Å². The molecule has 0 radical (unpaired) electrons. The average Bonchev–Trinajstić information content (AvgIpc) is 2.16. The van der Waals surface area contributed by atoms with Gasteiger partial charge < -0.3 is 5.73 Å². The quantitative estimate of drug-likeness (QED) is 0.594. The lowest BCUT2D eigenvalue weighted by Gasteiger charge is -2.02. The van der Waals surface area contributed by atoms with Crippen LogP contribution in [0.4, 0.5) is 14.5 Å². The molecule has 1 aromatic rings. The summed E-state index contributed by atoms with van der Waals surface area (Å²) in [7, 11) is 0. The molecule has 0 spiro atoms. The molecule has 0 saturated heterocycles. The minimum atomic E-state index is -2.75. The van der Waals surface area contributed by atoms with Crippen LogP contribution in [0.2, 0.25) is 0 Å². The first-order chi connectivity index (χ1) is 6.56. The standard InChI is InChI=1S/C7H7F2N3O2/c8-7(9)4-1-2-6(12(13)14)5(3-10)11-4/h1-2,7H,3,10H2. The maximum Gasteiger partial charge on any atom is 0.292 e. The van der Waals surface area contributed by atoms with E-state index >= 15 is 0 Å². The van der Waals surface area contributed by atoms with Crippen molar-refractivity contribution < 1.29 is 13.7 Å². The van der Waals surface area contributed by atoms with E-state index in [-0.39, 0.29) is 17.9 Å². The fourth-order valence-corrected chi connectivity index (χ4v) is 0.949. The first-order valence-electron chi connectivity index (χ1n) is 3.68. The van der Waals surface area contributed by atoms with Gasteiger partial charge in [0.1, 0.15) is 11.4 Å². The first-order valence-corrected chi connectivity index (χ1v) is 3.68. The van der Waals surface area contributed by atoms with Crippen molar-refractivity contribution in [1.82, 2.24) is 4.98 Å². The molecule has 0 bridgehead atoms. The summed E-state index contributed by atoms with van der Waals surface area (Å²) in [6.07, 6.45) is -2.75. The maximum atomic E-state index is 12.1. The number of rotatable bonds is 3. The first kappa shape index (κ1) is 10.5. The molecule has 0 aromatic carbocycles. The van der Waals surface area contributed by atoms with Crippen molar-refractivity contribution in [2.45, 2.75) is 13.0 Å². The summed E-state index contributed by atoms with van der Waals surface area (Å²) in [6.45, 7) is -0.239. The van der Waals surface area contributed by atoms with Crippen LogP contribution >= 0.6 is 0 Å². The number of nitro groups is 1. The van der Waals surface area contributed by atoms with E-state index in [1.807, 2.05) is 0 Å². The summed E-state index contributed by atoms with van der Waals surface area (Å²) in [5.41, 5.74) is 4.17. The lowest BCUT2D eigenvalue weighted by molar-refractivity contribution is -0.386. The molecule has 76 valence electrons. The highest BCUT2D eigenvalue weighted by Crippen LogP contribution is 2.22. The number of aromatic nitrogens is 1. The molecule has 0 saturated carbocycles. The summed E-state index contributed by atoms with van der Waals surface area (Å²) in [5.74, 6) is 0. The summed E-state index contributed by atoms with van der Waals surface area (Å²) in [6, 6.07) is 1.90. The van der Waals surface area contributed by atoms with E-state index in [0.717, 1.165) is 12.1 Å². The van der Waals surface area contributed by atoms with Gasteiger partial charge >= 0.3 is 0 Å². The third kappa shape index (κ3) is 1.99.